The number of hydrogen-bond acceptors (Lipinski definition) is 5. The predicted octanol–water partition coefficient (Wildman–Crippen LogP) is 3.11. The normalized spacial score (nSPS) is 16.7. The van der Waals surface area contributed by atoms with E-state index in [9.17, 15) is 0 Å². The van der Waals surface area contributed by atoms with Crippen molar-refractivity contribution in [3.8, 4) is 0 Å². The van der Waals surface area contributed by atoms with Gasteiger partial charge in [-0.15, -0.1) is 0 Å². The highest BCUT2D eigenvalue weighted by atomic mass is 15.4. The smallest absolute Gasteiger partial charge is 0.178 e. The molecule has 2 aromatic heterocycles. The molecular weight excluding hydrogens is 362 g/mol. The van der Waals surface area contributed by atoms with E-state index >= 15 is 0 Å². The highest BCUT2D eigenvalue weighted by Crippen LogP contribution is 2.20. The highest BCUT2D eigenvalue weighted by Gasteiger charge is 2.18. The molecule has 0 saturated heterocycles. The number of benzene rings is 2. The van der Waals surface area contributed by atoms with Crippen molar-refractivity contribution in [3.05, 3.63) is 77.8 Å². The maximum absolute atomic E-state index is 5.97. The minimum Gasteiger partial charge on any atom is -0.384 e. The van der Waals surface area contributed by atoms with Crippen LogP contribution in [0.15, 0.2) is 65.9 Å². The summed E-state index contributed by atoms with van der Waals surface area (Å²) in [6.45, 7) is 3.50. The molecule has 7 heteroatoms. The van der Waals surface area contributed by atoms with Gasteiger partial charge in [0.2, 0.25) is 0 Å². The first-order chi connectivity index (χ1) is 14.1. The second-order valence-electron chi connectivity index (χ2n) is 7.46. The molecule has 5 rings (SSSR count). The summed E-state index contributed by atoms with van der Waals surface area (Å²) < 4.78 is 0. The van der Waals surface area contributed by atoms with E-state index in [0.717, 1.165) is 23.0 Å². The van der Waals surface area contributed by atoms with Crippen molar-refractivity contribution in [2.45, 2.75) is 26.3 Å². The number of aryl methyl sites for hydroxylation is 1. The average molecular weight is 385 g/mol. The Morgan fingerprint density at radius 2 is 1.90 bits per heavy atom. The molecule has 0 radical (unpaired) electrons. The van der Waals surface area contributed by atoms with Crippen molar-refractivity contribution in [2.24, 2.45) is 10.7 Å². The zero-order valence-corrected chi connectivity index (χ0v) is 16.2. The Labute approximate surface area is 168 Å². The summed E-state index contributed by atoms with van der Waals surface area (Å²) in [6.07, 6.45) is 5.47. The molecule has 1 aliphatic heterocycles. The summed E-state index contributed by atoms with van der Waals surface area (Å²) >= 11 is 0. The number of nitrogens with two attached hydrogens (primary N) is 1. The van der Waals surface area contributed by atoms with Gasteiger partial charge in [-0.2, -0.15) is 5.10 Å². The number of amidine groups is 1. The Morgan fingerprint density at radius 3 is 2.83 bits per heavy atom. The fraction of sp³-hybridized carbons (Fsp3) is 0.182. The Morgan fingerprint density at radius 1 is 1.07 bits per heavy atom. The molecule has 1 unspecified atom stereocenters. The zero-order valence-electron chi connectivity index (χ0n) is 16.2. The topological polar surface area (TPSA) is 98.1 Å². The average Bonchev–Trinajstić information content (AvgIpc) is 3.32. The van der Waals surface area contributed by atoms with Crippen molar-refractivity contribution < 1.29 is 0 Å². The monoisotopic (exact) mass is 385 g/mol. The van der Waals surface area contributed by atoms with Crippen LogP contribution in [0.25, 0.3) is 21.8 Å². The number of fused-ring (bicyclic) bond motifs is 2. The summed E-state index contributed by atoms with van der Waals surface area (Å²) in [4.78, 5) is 10.1. The zero-order chi connectivity index (χ0) is 19.8. The maximum atomic E-state index is 5.97. The standard InChI is InChI=1S/C22H23N7/c1-14-8-17-10-16(3-4-19(17)26-14)13-29-7-6-21(23)27-22(29)24-11-15-2-5-20-18(9-15)12-25-28-20/h2-10,12,22,24,26H,11,13H2,1H3,(H2,23,27)(H,25,28). The Bertz CT molecular complexity index is 1230. The lowest BCUT2D eigenvalue weighted by atomic mass is 10.1. The molecule has 146 valence electrons. The first-order valence-corrected chi connectivity index (χ1v) is 9.65. The van der Waals surface area contributed by atoms with Crippen LogP contribution < -0.4 is 11.1 Å². The van der Waals surface area contributed by atoms with E-state index in [1.807, 2.05) is 24.5 Å². The van der Waals surface area contributed by atoms with E-state index in [4.69, 9.17) is 5.73 Å². The predicted molar refractivity (Wildman–Crippen MR) is 116 cm³/mol. The molecular formula is C22H23N7. The molecule has 7 nitrogen and oxygen atoms in total. The van der Waals surface area contributed by atoms with Crippen molar-refractivity contribution in [2.75, 3.05) is 0 Å². The van der Waals surface area contributed by atoms with Crippen molar-refractivity contribution in [1.29, 1.82) is 0 Å². The van der Waals surface area contributed by atoms with Crippen molar-refractivity contribution in [3.63, 3.8) is 0 Å². The lowest BCUT2D eigenvalue weighted by molar-refractivity contribution is 0.228. The van der Waals surface area contributed by atoms with Crippen LogP contribution in [0.4, 0.5) is 0 Å². The minimum absolute atomic E-state index is 0.219. The van der Waals surface area contributed by atoms with Gasteiger partial charge < -0.3 is 15.6 Å². The van der Waals surface area contributed by atoms with Gasteiger partial charge in [0.25, 0.3) is 0 Å². The van der Waals surface area contributed by atoms with Crippen molar-refractivity contribution >= 4 is 27.6 Å². The van der Waals surface area contributed by atoms with Crippen LogP contribution in [0.2, 0.25) is 0 Å². The van der Waals surface area contributed by atoms with E-state index < -0.39 is 0 Å². The number of rotatable bonds is 5. The largest absolute Gasteiger partial charge is 0.384 e. The van der Waals surface area contributed by atoms with Crippen LogP contribution in [-0.2, 0) is 13.1 Å². The van der Waals surface area contributed by atoms with Gasteiger partial charge in [-0.3, -0.25) is 10.4 Å². The number of nitrogens with one attached hydrogen (secondary N) is 3. The van der Waals surface area contributed by atoms with Crippen LogP contribution in [0, 0.1) is 6.92 Å². The van der Waals surface area contributed by atoms with Gasteiger partial charge in [-0.1, -0.05) is 12.1 Å². The molecule has 29 heavy (non-hydrogen) atoms. The summed E-state index contributed by atoms with van der Waals surface area (Å²) in [5, 5.41) is 12.9. The quantitative estimate of drug-likeness (QED) is 0.424. The minimum atomic E-state index is -0.219. The van der Waals surface area contributed by atoms with Gasteiger partial charge in [0.1, 0.15) is 5.84 Å². The van der Waals surface area contributed by atoms with Gasteiger partial charge in [0, 0.05) is 35.9 Å². The van der Waals surface area contributed by atoms with Crippen molar-refractivity contribution in [1.82, 2.24) is 25.4 Å². The van der Waals surface area contributed by atoms with Gasteiger partial charge in [-0.25, -0.2) is 4.99 Å². The third kappa shape index (κ3) is 3.60. The van der Waals surface area contributed by atoms with E-state index in [-0.39, 0.29) is 6.29 Å². The lowest BCUT2D eigenvalue weighted by Gasteiger charge is -2.31. The van der Waals surface area contributed by atoms with E-state index in [1.54, 1.807) is 0 Å². The fourth-order valence-electron chi connectivity index (χ4n) is 3.76. The van der Waals surface area contributed by atoms with Gasteiger partial charge in [0.05, 0.1) is 11.7 Å². The first-order valence-electron chi connectivity index (χ1n) is 9.65. The first kappa shape index (κ1) is 17.5. The number of aliphatic imine (C=N–C) groups is 1. The van der Waals surface area contributed by atoms with Crippen LogP contribution in [0.1, 0.15) is 16.8 Å². The second kappa shape index (κ2) is 7.10. The Kier molecular flexibility index (Phi) is 4.29. The second-order valence-corrected chi connectivity index (χ2v) is 7.46. The summed E-state index contributed by atoms with van der Waals surface area (Å²) in [5.74, 6) is 0.528. The molecule has 0 fully saturated rings. The summed E-state index contributed by atoms with van der Waals surface area (Å²) in [5.41, 5.74) is 11.7. The summed E-state index contributed by atoms with van der Waals surface area (Å²) in [6, 6.07) is 14.9. The number of aromatic amines is 2. The summed E-state index contributed by atoms with van der Waals surface area (Å²) in [7, 11) is 0. The van der Waals surface area contributed by atoms with E-state index in [2.05, 4.69) is 73.7 Å². The number of H-pyrrole nitrogens is 2. The number of aromatic nitrogens is 3. The van der Waals surface area contributed by atoms with Gasteiger partial charge >= 0.3 is 0 Å². The van der Waals surface area contributed by atoms with E-state index in [0.29, 0.717) is 12.4 Å². The molecule has 5 N–H and O–H groups in total. The molecule has 1 atom stereocenters. The Balaban J connectivity index is 1.32. The lowest BCUT2D eigenvalue weighted by Crippen LogP contribution is -2.44. The molecule has 0 bridgehead atoms. The van der Waals surface area contributed by atoms with Crippen LogP contribution in [-0.4, -0.2) is 32.2 Å². The highest BCUT2D eigenvalue weighted by molar-refractivity contribution is 5.91. The molecule has 2 aromatic carbocycles. The number of hydrogen-bond donors (Lipinski definition) is 4. The molecule has 1 aliphatic rings. The molecule has 3 heterocycles. The molecule has 0 saturated carbocycles. The Hall–Kier alpha value is -3.58. The number of nitrogens with zero attached hydrogens (tertiary/aromatic N) is 3. The van der Waals surface area contributed by atoms with Crippen LogP contribution in [0.3, 0.4) is 0 Å². The van der Waals surface area contributed by atoms with Crippen LogP contribution in [0.5, 0.6) is 0 Å². The van der Waals surface area contributed by atoms with Crippen LogP contribution >= 0.6 is 0 Å². The molecule has 4 aromatic rings. The maximum Gasteiger partial charge on any atom is 0.178 e. The van der Waals surface area contributed by atoms with Gasteiger partial charge in [0.15, 0.2) is 6.29 Å². The fourth-order valence-corrected chi connectivity index (χ4v) is 3.76. The molecule has 0 aliphatic carbocycles. The van der Waals surface area contributed by atoms with E-state index in [1.165, 1.54) is 22.2 Å². The third-order valence-electron chi connectivity index (χ3n) is 5.20. The molecule has 0 amide bonds. The third-order valence-corrected chi connectivity index (χ3v) is 5.20. The molecule has 0 spiro atoms. The van der Waals surface area contributed by atoms with Gasteiger partial charge in [-0.05, 0) is 59.8 Å². The SMILES string of the molecule is Cc1cc2cc(CN3C=CC(N)=NC3NCc3ccc4[nH]ncc4c3)ccc2[nH]1.